The molecule has 4 rings (SSSR count). The van der Waals surface area contributed by atoms with E-state index in [0.717, 1.165) is 60.3 Å². The van der Waals surface area contributed by atoms with Crippen LogP contribution in [0.2, 0.25) is 0 Å². The van der Waals surface area contributed by atoms with Crippen LogP contribution in [-0.4, -0.2) is 47.0 Å². The highest BCUT2D eigenvalue weighted by Gasteiger charge is 2.22. The molecule has 2 aromatic heterocycles. The molecule has 0 atom stereocenters. The lowest BCUT2D eigenvalue weighted by atomic mass is 10.1. The molecule has 1 aliphatic rings. The molecule has 0 bridgehead atoms. The van der Waals surface area contributed by atoms with Gasteiger partial charge in [-0.25, -0.2) is 9.97 Å². The van der Waals surface area contributed by atoms with Crippen molar-refractivity contribution >= 4 is 17.4 Å². The number of primary amides is 1. The lowest BCUT2D eigenvalue weighted by molar-refractivity contribution is 0.100. The molecule has 1 fully saturated rings. The van der Waals surface area contributed by atoms with Crippen LogP contribution in [0.1, 0.15) is 21.6 Å². The van der Waals surface area contributed by atoms with E-state index in [1.165, 1.54) is 0 Å². The van der Waals surface area contributed by atoms with Crippen molar-refractivity contribution in [2.24, 2.45) is 5.73 Å². The Bertz CT molecular complexity index is 1010. The smallest absolute Gasteiger partial charge is 0.248 e. The fraction of sp³-hybridized carbons (Fsp3) is 0.273. The standard InChI is InChI=1S/C22H24N6O/c1-15-16(2)25-21(18-7-9-24-10-8-18)26-22(15)28-13-11-27(12-14-28)19-5-3-17(4-6-19)20(23)29/h3-10H,11-14H2,1-2H3,(H2,23,29). The van der Waals surface area contributed by atoms with Crippen molar-refractivity contribution in [2.45, 2.75) is 13.8 Å². The molecule has 0 radical (unpaired) electrons. The second kappa shape index (κ2) is 7.87. The van der Waals surface area contributed by atoms with Crippen molar-refractivity contribution in [1.29, 1.82) is 0 Å². The molecule has 0 unspecified atom stereocenters. The van der Waals surface area contributed by atoms with E-state index < -0.39 is 5.91 Å². The molecular weight excluding hydrogens is 364 g/mol. The third kappa shape index (κ3) is 3.89. The zero-order valence-electron chi connectivity index (χ0n) is 16.7. The summed E-state index contributed by atoms with van der Waals surface area (Å²) in [6.45, 7) is 7.60. The highest BCUT2D eigenvalue weighted by molar-refractivity contribution is 5.93. The van der Waals surface area contributed by atoms with Crippen LogP contribution in [0.15, 0.2) is 48.8 Å². The lowest BCUT2D eigenvalue weighted by Gasteiger charge is -2.37. The predicted octanol–water partition coefficient (Wildman–Crippen LogP) is 2.58. The van der Waals surface area contributed by atoms with Crippen LogP contribution < -0.4 is 15.5 Å². The topological polar surface area (TPSA) is 88.2 Å². The van der Waals surface area contributed by atoms with E-state index in [0.29, 0.717) is 5.56 Å². The summed E-state index contributed by atoms with van der Waals surface area (Å²) >= 11 is 0. The van der Waals surface area contributed by atoms with Crippen LogP contribution in [0.3, 0.4) is 0 Å². The molecule has 2 N–H and O–H groups in total. The number of nitrogens with zero attached hydrogens (tertiary/aromatic N) is 5. The molecule has 7 nitrogen and oxygen atoms in total. The Labute approximate surface area is 170 Å². The number of carbonyl (C=O) groups excluding carboxylic acids is 1. The first-order chi connectivity index (χ1) is 14.0. The van der Waals surface area contributed by atoms with E-state index in [-0.39, 0.29) is 0 Å². The van der Waals surface area contributed by atoms with Crippen LogP contribution >= 0.6 is 0 Å². The fourth-order valence-electron chi connectivity index (χ4n) is 3.56. The summed E-state index contributed by atoms with van der Waals surface area (Å²) in [7, 11) is 0. The summed E-state index contributed by atoms with van der Waals surface area (Å²) in [6, 6.07) is 11.3. The maximum Gasteiger partial charge on any atom is 0.248 e. The average Bonchev–Trinajstić information content (AvgIpc) is 2.76. The second-order valence-electron chi connectivity index (χ2n) is 7.20. The monoisotopic (exact) mass is 388 g/mol. The SMILES string of the molecule is Cc1nc(-c2ccncc2)nc(N2CCN(c3ccc(C(N)=O)cc3)CC2)c1C. The molecule has 0 aliphatic carbocycles. The minimum Gasteiger partial charge on any atom is -0.368 e. The van der Waals surface area contributed by atoms with Crippen molar-refractivity contribution in [1.82, 2.24) is 15.0 Å². The van der Waals surface area contributed by atoms with Gasteiger partial charge in [0.1, 0.15) is 5.82 Å². The number of hydrogen-bond acceptors (Lipinski definition) is 6. The van der Waals surface area contributed by atoms with Crippen LogP contribution in [-0.2, 0) is 0 Å². The molecule has 0 spiro atoms. The van der Waals surface area contributed by atoms with E-state index in [2.05, 4.69) is 26.7 Å². The van der Waals surface area contributed by atoms with E-state index >= 15 is 0 Å². The first-order valence-corrected chi connectivity index (χ1v) is 9.68. The van der Waals surface area contributed by atoms with Gasteiger partial charge < -0.3 is 15.5 Å². The molecule has 1 aliphatic heterocycles. The molecule has 3 heterocycles. The number of carbonyl (C=O) groups is 1. The summed E-state index contributed by atoms with van der Waals surface area (Å²) in [5.41, 5.74) is 10.0. The first kappa shape index (κ1) is 18.9. The van der Waals surface area contributed by atoms with Crippen molar-refractivity contribution in [3.8, 4) is 11.4 Å². The number of aromatic nitrogens is 3. The quantitative estimate of drug-likeness (QED) is 0.739. The summed E-state index contributed by atoms with van der Waals surface area (Å²) in [6.07, 6.45) is 3.52. The third-order valence-corrected chi connectivity index (χ3v) is 5.40. The van der Waals surface area contributed by atoms with Crippen molar-refractivity contribution in [3.63, 3.8) is 0 Å². The van der Waals surface area contributed by atoms with Gasteiger partial charge in [0.15, 0.2) is 5.82 Å². The Morgan fingerprint density at radius 2 is 1.52 bits per heavy atom. The molecule has 1 amide bonds. The van der Waals surface area contributed by atoms with Gasteiger partial charge in [-0.3, -0.25) is 9.78 Å². The molecule has 148 valence electrons. The van der Waals surface area contributed by atoms with E-state index in [1.54, 1.807) is 24.5 Å². The highest BCUT2D eigenvalue weighted by atomic mass is 16.1. The number of hydrogen-bond donors (Lipinski definition) is 1. The van der Waals surface area contributed by atoms with Crippen LogP contribution in [0.4, 0.5) is 11.5 Å². The Balaban J connectivity index is 1.52. The van der Waals surface area contributed by atoms with Gasteiger partial charge in [0, 0.05) is 66.6 Å². The minimum absolute atomic E-state index is 0.402. The van der Waals surface area contributed by atoms with E-state index in [4.69, 9.17) is 10.7 Å². The highest BCUT2D eigenvalue weighted by Crippen LogP contribution is 2.26. The predicted molar refractivity (Wildman–Crippen MR) is 114 cm³/mol. The van der Waals surface area contributed by atoms with E-state index in [9.17, 15) is 4.79 Å². The number of piperazine rings is 1. The first-order valence-electron chi connectivity index (χ1n) is 9.68. The summed E-state index contributed by atoms with van der Waals surface area (Å²) in [5.74, 6) is 1.32. The Morgan fingerprint density at radius 1 is 0.897 bits per heavy atom. The number of anilines is 2. The van der Waals surface area contributed by atoms with Gasteiger partial charge >= 0.3 is 0 Å². The summed E-state index contributed by atoms with van der Waals surface area (Å²) in [5, 5.41) is 0. The normalized spacial score (nSPS) is 14.1. The number of rotatable bonds is 4. The van der Waals surface area contributed by atoms with Gasteiger partial charge in [0.25, 0.3) is 0 Å². The lowest BCUT2D eigenvalue weighted by Crippen LogP contribution is -2.47. The van der Waals surface area contributed by atoms with Gasteiger partial charge in [0.05, 0.1) is 0 Å². The maximum atomic E-state index is 11.3. The van der Waals surface area contributed by atoms with Crippen LogP contribution in [0.5, 0.6) is 0 Å². The molecule has 29 heavy (non-hydrogen) atoms. The van der Waals surface area contributed by atoms with Crippen molar-refractivity contribution < 1.29 is 4.79 Å². The second-order valence-corrected chi connectivity index (χ2v) is 7.20. The van der Waals surface area contributed by atoms with Crippen LogP contribution in [0.25, 0.3) is 11.4 Å². The average molecular weight is 388 g/mol. The van der Waals surface area contributed by atoms with Gasteiger partial charge in [-0.1, -0.05) is 0 Å². The largest absolute Gasteiger partial charge is 0.368 e. The zero-order valence-corrected chi connectivity index (χ0v) is 16.7. The van der Waals surface area contributed by atoms with Gasteiger partial charge in [-0.05, 0) is 50.2 Å². The van der Waals surface area contributed by atoms with Gasteiger partial charge in [0.2, 0.25) is 5.91 Å². The molecule has 1 saturated heterocycles. The number of nitrogens with two attached hydrogens (primary N) is 1. The summed E-state index contributed by atoms with van der Waals surface area (Å²) < 4.78 is 0. The number of benzene rings is 1. The number of pyridine rings is 1. The molecule has 3 aromatic rings. The number of aryl methyl sites for hydroxylation is 1. The van der Waals surface area contributed by atoms with Gasteiger partial charge in [-0.2, -0.15) is 0 Å². The van der Waals surface area contributed by atoms with Crippen LogP contribution in [0, 0.1) is 13.8 Å². The third-order valence-electron chi connectivity index (χ3n) is 5.40. The fourth-order valence-corrected chi connectivity index (χ4v) is 3.56. The summed E-state index contributed by atoms with van der Waals surface area (Å²) in [4.78, 5) is 29.5. The maximum absolute atomic E-state index is 11.3. The minimum atomic E-state index is -0.402. The molecule has 7 heteroatoms. The molecular formula is C22H24N6O. The zero-order chi connectivity index (χ0) is 20.4. The molecule has 1 aromatic carbocycles. The van der Waals surface area contributed by atoms with E-state index in [1.807, 2.05) is 31.2 Å². The van der Waals surface area contributed by atoms with Crippen molar-refractivity contribution in [2.75, 3.05) is 36.0 Å². The molecule has 0 saturated carbocycles. The van der Waals surface area contributed by atoms with Gasteiger partial charge in [-0.15, -0.1) is 0 Å². The Morgan fingerprint density at radius 3 is 2.14 bits per heavy atom. The number of amides is 1. The Hall–Kier alpha value is -3.48. The Kier molecular flexibility index (Phi) is 5.12. The van der Waals surface area contributed by atoms with Crippen molar-refractivity contribution in [3.05, 3.63) is 65.6 Å².